The van der Waals surface area contributed by atoms with E-state index in [0.29, 0.717) is 12.4 Å². The molecule has 0 bridgehead atoms. The lowest BCUT2D eigenvalue weighted by atomic mass is 10.1. The van der Waals surface area contributed by atoms with E-state index in [1.54, 1.807) is 6.08 Å². The third-order valence-electron chi connectivity index (χ3n) is 4.31. The summed E-state index contributed by atoms with van der Waals surface area (Å²) in [7, 11) is 8.22. The van der Waals surface area contributed by atoms with Gasteiger partial charge in [0.15, 0.2) is 0 Å². The minimum absolute atomic E-state index is 0.692. The van der Waals surface area contributed by atoms with Gasteiger partial charge in [-0.05, 0) is 52.6 Å². The molecule has 174 valence electrons. The maximum Gasteiger partial charge on any atom is 0.112 e. The quantitative estimate of drug-likeness (QED) is 0.250. The van der Waals surface area contributed by atoms with Crippen LogP contribution in [0.1, 0.15) is 33.1 Å². The molecule has 0 aromatic rings. The van der Waals surface area contributed by atoms with Crippen LogP contribution in [0.3, 0.4) is 0 Å². The van der Waals surface area contributed by atoms with Crippen molar-refractivity contribution in [1.29, 1.82) is 0 Å². The first-order chi connectivity index (χ1) is 14.5. The fraction of sp³-hybridized carbons (Fsp3) is 0.600. The van der Waals surface area contributed by atoms with Gasteiger partial charge in [0.05, 0.1) is 6.61 Å². The van der Waals surface area contributed by atoms with Crippen molar-refractivity contribution in [2.24, 2.45) is 0 Å². The van der Waals surface area contributed by atoms with E-state index in [1.165, 1.54) is 18.5 Å². The molecule has 0 saturated heterocycles. The SMILES string of the molecule is C=C/C=C\C(=C)OCCCN(C)CCNC.CC.CNCCN(C)C1=CC=CCC1. The smallest absolute Gasteiger partial charge is 0.112 e. The van der Waals surface area contributed by atoms with E-state index in [4.69, 9.17) is 4.74 Å². The van der Waals surface area contributed by atoms with Crippen molar-refractivity contribution in [3.05, 3.63) is 61.1 Å². The number of likely N-dealkylation sites (N-methyl/N-ethyl adjacent to an activating group) is 4. The zero-order valence-electron chi connectivity index (χ0n) is 20.5. The first-order valence-electron chi connectivity index (χ1n) is 11.2. The molecule has 30 heavy (non-hydrogen) atoms. The molecule has 2 N–H and O–H groups in total. The van der Waals surface area contributed by atoms with Gasteiger partial charge in [0.25, 0.3) is 0 Å². The Bertz CT molecular complexity index is 497. The molecule has 1 aliphatic rings. The van der Waals surface area contributed by atoms with E-state index in [0.717, 1.165) is 39.1 Å². The van der Waals surface area contributed by atoms with E-state index < -0.39 is 0 Å². The van der Waals surface area contributed by atoms with Crippen molar-refractivity contribution in [1.82, 2.24) is 20.4 Å². The minimum Gasteiger partial charge on any atom is -0.494 e. The summed E-state index contributed by atoms with van der Waals surface area (Å²) in [6.07, 6.45) is 15.3. The van der Waals surface area contributed by atoms with E-state index in [2.05, 4.69) is 65.9 Å². The second-order valence-electron chi connectivity index (χ2n) is 6.82. The Balaban J connectivity index is 0. The fourth-order valence-electron chi connectivity index (χ4n) is 2.51. The van der Waals surface area contributed by atoms with Crippen molar-refractivity contribution in [2.45, 2.75) is 33.1 Å². The molecule has 0 unspecified atom stereocenters. The second kappa shape index (κ2) is 23.5. The van der Waals surface area contributed by atoms with Crippen molar-refractivity contribution >= 4 is 0 Å². The van der Waals surface area contributed by atoms with Crippen LogP contribution in [0.5, 0.6) is 0 Å². The Morgan fingerprint density at radius 2 is 1.80 bits per heavy atom. The van der Waals surface area contributed by atoms with Gasteiger partial charge in [0.1, 0.15) is 5.76 Å². The highest BCUT2D eigenvalue weighted by molar-refractivity contribution is 5.16. The predicted molar refractivity (Wildman–Crippen MR) is 135 cm³/mol. The fourth-order valence-corrected chi connectivity index (χ4v) is 2.51. The van der Waals surface area contributed by atoms with Crippen molar-refractivity contribution in [2.75, 3.05) is 67.5 Å². The Labute approximate surface area is 187 Å². The molecule has 0 heterocycles. The number of allylic oxidation sites excluding steroid dienone is 7. The van der Waals surface area contributed by atoms with Gasteiger partial charge in [-0.2, -0.15) is 0 Å². The van der Waals surface area contributed by atoms with Crippen molar-refractivity contribution in [3.63, 3.8) is 0 Å². The standard InChI is InChI=1S/C13H24N2O.C10H18N2.C2H6/c1-5-6-8-13(2)16-12-7-10-15(4)11-9-14-3;1-11-8-9-12(2)10-6-4-3-5-7-10;1-2/h5-6,8,14H,1-2,7,9-12H2,3-4H3;3-4,6,11H,5,7-9H2,1-2H3;1-2H3/b8-6-;;. The van der Waals surface area contributed by atoms with Crippen LogP contribution in [0.15, 0.2) is 61.1 Å². The Morgan fingerprint density at radius 1 is 1.13 bits per heavy atom. The third-order valence-corrected chi connectivity index (χ3v) is 4.31. The molecule has 5 heteroatoms. The average molecular weight is 421 g/mol. The molecular formula is C25H48N4O. The van der Waals surface area contributed by atoms with Gasteiger partial charge in [0, 0.05) is 45.5 Å². The van der Waals surface area contributed by atoms with Gasteiger partial charge in [-0.3, -0.25) is 0 Å². The highest BCUT2D eigenvalue weighted by Crippen LogP contribution is 2.13. The second-order valence-corrected chi connectivity index (χ2v) is 6.82. The molecule has 0 spiro atoms. The van der Waals surface area contributed by atoms with Gasteiger partial charge >= 0.3 is 0 Å². The number of nitrogens with zero attached hydrogens (tertiary/aromatic N) is 2. The highest BCUT2D eigenvalue weighted by Gasteiger charge is 2.04. The summed E-state index contributed by atoms with van der Waals surface area (Å²) in [6.45, 7) is 17.3. The molecule has 1 aliphatic carbocycles. The average Bonchev–Trinajstić information content (AvgIpc) is 2.79. The number of ether oxygens (including phenoxy) is 1. The summed E-state index contributed by atoms with van der Waals surface area (Å²) >= 11 is 0. The Morgan fingerprint density at radius 3 is 2.37 bits per heavy atom. The van der Waals surface area contributed by atoms with Gasteiger partial charge in [-0.15, -0.1) is 0 Å². The number of hydrogen-bond donors (Lipinski definition) is 2. The Hall–Kier alpha value is -1.82. The van der Waals surface area contributed by atoms with E-state index in [-0.39, 0.29) is 0 Å². The van der Waals surface area contributed by atoms with Crippen LogP contribution < -0.4 is 10.6 Å². The minimum atomic E-state index is 0.692. The van der Waals surface area contributed by atoms with Crippen molar-refractivity contribution < 1.29 is 4.74 Å². The largest absolute Gasteiger partial charge is 0.494 e. The van der Waals surface area contributed by atoms with E-state index in [1.807, 2.05) is 40.1 Å². The molecular weight excluding hydrogens is 372 g/mol. The molecule has 0 atom stereocenters. The maximum atomic E-state index is 5.43. The number of rotatable bonds is 14. The summed E-state index contributed by atoms with van der Waals surface area (Å²) in [6, 6.07) is 0. The molecule has 0 aromatic carbocycles. The monoisotopic (exact) mass is 420 g/mol. The molecule has 5 nitrogen and oxygen atoms in total. The van der Waals surface area contributed by atoms with E-state index in [9.17, 15) is 0 Å². The Kier molecular flexibility index (Phi) is 23.8. The van der Waals surface area contributed by atoms with Gasteiger partial charge < -0.3 is 25.2 Å². The molecule has 0 saturated carbocycles. The zero-order valence-corrected chi connectivity index (χ0v) is 20.5. The molecule has 0 fully saturated rings. The molecule has 0 amide bonds. The summed E-state index contributed by atoms with van der Waals surface area (Å²) in [4.78, 5) is 4.60. The zero-order chi connectivity index (χ0) is 23.0. The van der Waals surface area contributed by atoms with Crippen LogP contribution in [0, 0.1) is 0 Å². The molecule has 0 radical (unpaired) electrons. The van der Waals surface area contributed by atoms with Crippen LogP contribution in [0.4, 0.5) is 0 Å². The van der Waals surface area contributed by atoms with E-state index >= 15 is 0 Å². The topological polar surface area (TPSA) is 39.8 Å². The lowest BCUT2D eigenvalue weighted by Gasteiger charge is -2.23. The highest BCUT2D eigenvalue weighted by atomic mass is 16.5. The first-order valence-corrected chi connectivity index (χ1v) is 11.2. The normalized spacial score (nSPS) is 12.4. The lowest BCUT2D eigenvalue weighted by Crippen LogP contribution is -2.28. The van der Waals surface area contributed by atoms with Crippen LogP contribution in [-0.4, -0.2) is 77.3 Å². The van der Waals surface area contributed by atoms with Gasteiger partial charge in [-0.25, -0.2) is 0 Å². The summed E-state index contributed by atoms with van der Waals surface area (Å²) in [5, 5.41) is 6.28. The number of nitrogens with one attached hydrogen (secondary N) is 2. The molecule has 1 rings (SSSR count). The summed E-state index contributed by atoms with van der Waals surface area (Å²) in [5.41, 5.74) is 1.45. The lowest BCUT2D eigenvalue weighted by molar-refractivity contribution is 0.202. The molecule has 0 aliphatic heterocycles. The van der Waals surface area contributed by atoms with Crippen LogP contribution in [-0.2, 0) is 4.74 Å². The third kappa shape index (κ3) is 19.5. The van der Waals surface area contributed by atoms with Crippen LogP contribution in [0.2, 0.25) is 0 Å². The summed E-state index contributed by atoms with van der Waals surface area (Å²) < 4.78 is 5.43. The van der Waals surface area contributed by atoms with Crippen molar-refractivity contribution in [3.8, 4) is 0 Å². The summed E-state index contributed by atoms with van der Waals surface area (Å²) in [5.74, 6) is 0.692. The first kappa shape index (κ1) is 30.4. The van der Waals surface area contributed by atoms with Gasteiger partial charge in [-0.1, -0.05) is 51.3 Å². The van der Waals surface area contributed by atoms with Gasteiger partial charge in [0.2, 0.25) is 0 Å². The molecule has 0 aromatic heterocycles. The maximum absolute atomic E-state index is 5.43. The predicted octanol–water partition coefficient (Wildman–Crippen LogP) is 4.20. The van der Waals surface area contributed by atoms with Crippen LogP contribution >= 0.6 is 0 Å². The number of hydrogen-bond acceptors (Lipinski definition) is 5. The van der Waals surface area contributed by atoms with Crippen LogP contribution in [0.25, 0.3) is 0 Å².